The van der Waals surface area contributed by atoms with Crippen molar-refractivity contribution in [3.05, 3.63) is 0 Å². The zero-order valence-electron chi connectivity index (χ0n) is 3.22. The molecular formula is C2H4HgO2S+2. The molecule has 0 atom stereocenters. The van der Waals surface area contributed by atoms with Crippen LogP contribution in [0.1, 0.15) is 0 Å². The quantitative estimate of drug-likeness (QED) is 0.527. The first-order valence-electron chi connectivity index (χ1n) is 1.10. The van der Waals surface area contributed by atoms with Gasteiger partial charge >= 0.3 is 33.6 Å². The Morgan fingerprint density at radius 3 is 2.00 bits per heavy atom. The molecule has 0 aliphatic heterocycles. The minimum atomic E-state index is -0.881. The second-order valence-corrected chi connectivity index (χ2v) is 0.868. The van der Waals surface area contributed by atoms with E-state index in [-0.39, 0.29) is 33.4 Å². The molecule has 4 heteroatoms. The normalized spacial score (nSPS) is 6.17. The third-order valence-corrected chi connectivity index (χ3v) is 0.406. The third-order valence-electron chi connectivity index (χ3n) is 0.135. The van der Waals surface area contributed by atoms with Gasteiger partial charge in [0.1, 0.15) is 0 Å². The first kappa shape index (κ1) is 9.90. The first-order chi connectivity index (χ1) is 2.27. The van der Waals surface area contributed by atoms with Gasteiger partial charge in [-0.2, -0.15) is 12.6 Å². The predicted molar refractivity (Wildman–Crippen MR) is 21.5 cm³/mol. The SMILES string of the molecule is O=C(O)CS.[Hg+2]. The van der Waals surface area contributed by atoms with Crippen LogP contribution in [0, 0.1) is 0 Å². The van der Waals surface area contributed by atoms with Gasteiger partial charge in [0.25, 0.3) is 0 Å². The van der Waals surface area contributed by atoms with Crippen LogP contribution >= 0.6 is 12.6 Å². The van der Waals surface area contributed by atoms with Gasteiger partial charge in [0.15, 0.2) is 0 Å². The van der Waals surface area contributed by atoms with E-state index in [1.807, 2.05) is 0 Å². The monoisotopic (exact) mass is 294 g/mol. The molecule has 0 spiro atoms. The molecule has 0 amide bonds. The third kappa shape index (κ3) is 8.83. The van der Waals surface area contributed by atoms with Crippen LogP contribution in [0.25, 0.3) is 0 Å². The maximum atomic E-state index is 9.29. The molecule has 0 fully saturated rings. The maximum absolute atomic E-state index is 9.29. The van der Waals surface area contributed by atoms with Crippen molar-refractivity contribution in [1.29, 1.82) is 0 Å². The minimum Gasteiger partial charge on any atom is -0.481 e. The van der Waals surface area contributed by atoms with E-state index in [1.54, 1.807) is 0 Å². The van der Waals surface area contributed by atoms with Gasteiger partial charge in [-0.1, -0.05) is 0 Å². The van der Waals surface area contributed by atoms with E-state index < -0.39 is 5.97 Å². The molecule has 6 heavy (non-hydrogen) atoms. The Morgan fingerprint density at radius 1 is 1.83 bits per heavy atom. The summed E-state index contributed by atoms with van der Waals surface area (Å²) in [6, 6.07) is 0. The molecule has 0 saturated heterocycles. The van der Waals surface area contributed by atoms with Crippen molar-refractivity contribution in [2.75, 3.05) is 5.75 Å². The van der Waals surface area contributed by atoms with Crippen LogP contribution in [-0.4, -0.2) is 16.8 Å². The van der Waals surface area contributed by atoms with Gasteiger partial charge < -0.3 is 5.11 Å². The summed E-state index contributed by atoms with van der Waals surface area (Å²) >= 11 is 3.42. The molecular weight excluding hydrogens is 289 g/mol. The van der Waals surface area contributed by atoms with Crippen molar-refractivity contribution in [2.45, 2.75) is 0 Å². The van der Waals surface area contributed by atoms with E-state index in [9.17, 15) is 4.79 Å². The van der Waals surface area contributed by atoms with Crippen molar-refractivity contribution in [2.24, 2.45) is 0 Å². The Hall–Kier alpha value is 0.755. The van der Waals surface area contributed by atoms with Crippen molar-refractivity contribution in [1.82, 2.24) is 0 Å². The maximum Gasteiger partial charge on any atom is 2.00 e. The Morgan fingerprint density at radius 2 is 2.00 bits per heavy atom. The van der Waals surface area contributed by atoms with Crippen LogP contribution in [0.4, 0.5) is 0 Å². The van der Waals surface area contributed by atoms with Crippen LogP contribution in [0.3, 0.4) is 0 Å². The van der Waals surface area contributed by atoms with Gasteiger partial charge in [-0.25, -0.2) is 0 Å². The van der Waals surface area contributed by atoms with E-state index in [2.05, 4.69) is 12.6 Å². The summed E-state index contributed by atoms with van der Waals surface area (Å²) in [5.74, 6) is -0.965. The fraction of sp³-hybridized carbons (Fsp3) is 0.500. The summed E-state index contributed by atoms with van der Waals surface area (Å²) in [5.41, 5.74) is 0. The van der Waals surface area contributed by atoms with Crippen molar-refractivity contribution in [3.63, 3.8) is 0 Å². The molecule has 0 aliphatic carbocycles. The summed E-state index contributed by atoms with van der Waals surface area (Å²) in [6.07, 6.45) is 0. The van der Waals surface area contributed by atoms with Crippen LogP contribution in [0.2, 0.25) is 0 Å². The van der Waals surface area contributed by atoms with Crippen LogP contribution in [0.15, 0.2) is 0 Å². The Kier molecular flexibility index (Phi) is 9.49. The van der Waals surface area contributed by atoms with E-state index in [0.717, 1.165) is 0 Å². The van der Waals surface area contributed by atoms with Crippen LogP contribution in [-0.2, 0) is 32.5 Å². The smallest absolute Gasteiger partial charge is 0.481 e. The molecule has 0 aromatic heterocycles. The molecule has 2 nitrogen and oxygen atoms in total. The van der Waals surface area contributed by atoms with Crippen molar-refractivity contribution < 1.29 is 37.6 Å². The number of hydrogen-bond acceptors (Lipinski definition) is 2. The van der Waals surface area contributed by atoms with E-state index in [4.69, 9.17) is 5.11 Å². The first-order valence-corrected chi connectivity index (χ1v) is 1.73. The average molecular weight is 293 g/mol. The Bertz CT molecular complexity index is 46.8. The molecule has 0 aliphatic rings. The molecule has 0 aromatic carbocycles. The molecule has 0 unspecified atom stereocenters. The topological polar surface area (TPSA) is 37.3 Å². The number of aliphatic carboxylic acids is 1. The predicted octanol–water partition coefficient (Wildman–Crippen LogP) is -0.00170. The van der Waals surface area contributed by atoms with Gasteiger partial charge in [-0.05, 0) is 0 Å². The second-order valence-electron chi connectivity index (χ2n) is 0.552. The van der Waals surface area contributed by atoms with E-state index >= 15 is 0 Å². The number of carboxylic acids is 1. The van der Waals surface area contributed by atoms with Gasteiger partial charge in [0.2, 0.25) is 0 Å². The molecule has 0 bridgehead atoms. The van der Waals surface area contributed by atoms with Gasteiger partial charge in [0.05, 0.1) is 5.75 Å². The van der Waals surface area contributed by atoms with Crippen LogP contribution < -0.4 is 0 Å². The zero-order valence-corrected chi connectivity index (χ0v) is 9.61. The van der Waals surface area contributed by atoms with E-state index in [1.165, 1.54) is 0 Å². The molecule has 0 heterocycles. The number of rotatable bonds is 1. The van der Waals surface area contributed by atoms with E-state index in [0.29, 0.717) is 0 Å². The molecule has 30 valence electrons. The molecule has 0 radical (unpaired) electrons. The summed E-state index contributed by atoms with van der Waals surface area (Å²) in [4.78, 5) is 9.29. The number of thiol groups is 1. The van der Waals surface area contributed by atoms with Gasteiger partial charge in [-0.3, -0.25) is 4.79 Å². The second kappa shape index (κ2) is 5.76. The van der Waals surface area contributed by atoms with Crippen LogP contribution in [0.5, 0.6) is 0 Å². The average Bonchev–Trinajstić information content (AvgIpc) is 1.38. The fourth-order valence-corrected chi connectivity index (χ4v) is 0. The minimum absolute atomic E-state index is 0. The van der Waals surface area contributed by atoms with Crippen molar-refractivity contribution >= 4 is 18.6 Å². The Labute approximate surface area is 61.8 Å². The van der Waals surface area contributed by atoms with Gasteiger partial charge in [-0.15, -0.1) is 0 Å². The summed E-state index contributed by atoms with van der Waals surface area (Å²) in [6.45, 7) is 0. The summed E-state index contributed by atoms with van der Waals surface area (Å²) < 4.78 is 0. The number of carboxylic acid groups (broad SMARTS) is 1. The van der Waals surface area contributed by atoms with Crippen molar-refractivity contribution in [3.8, 4) is 0 Å². The largest absolute Gasteiger partial charge is 2.00 e. The number of carbonyl (C=O) groups is 1. The number of hydrogen-bond donors (Lipinski definition) is 2. The molecule has 1 N–H and O–H groups in total. The standard InChI is InChI=1S/C2H4O2S.Hg/c3-2(4)1-5;/h5H,1H2,(H,3,4);/q;+2. The summed E-state index contributed by atoms with van der Waals surface area (Å²) in [5, 5.41) is 7.65. The zero-order chi connectivity index (χ0) is 4.28. The molecule has 0 rings (SSSR count). The molecule has 0 saturated carbocycles. The summed E-state index contributed by atoms with van der Waals surface area (Å²) in [7, 11) is 0. The Balaban J connectivity index is 0. The molecule has 0 aromatic rings. The fourth-order valence-electron chi connectivity index (χ4n) is 0. The van der Waals surface area contributed by atoms with Gasteiger partial charge in [0, 0.05) is 0 Å².